The van der Waals surface area contributed by atoms with Crippen molar-refractivity contribution in [1.82, 2.24) is 20.4 Å². The number of hydrogen-bond acceptors (Lipinski definition) is 5. The van der Waals surface area contributed by atoms with Crippen molar-refractivity contribution in [3.05, 3.63) is 46.1 Å². The lowest BCUT2D eigenvalue weighted by atomic mass is 10.1. The average molecular weight is 312 g/mol. The van der Waals surface area contributed by atoms with Gasteiger partial charge in [-0.15, -0.1) is 0 Å². The summed E-state index contributed by atoms with van der Waals surface area (Å²) in [6.07, 6.45) is 0.586. The maximum atomic E-state index is 12.2. The van der Waals surface area contributed by atoms with Crippen LogP contribution in [-0.2, 0) is 11.2 Å². The van der Waals surface area contributed by atoms with Crippen molar-refractivity contribution in [2.24, 2.45) is 0 Å². The highest BCUT2D eigenvalue weighted by Crippen LogP contribution is 2.18. The van der Waals surface area contributed by atoms with Gasteiger partial charge in [-0.2, -0.15) is 4.98 Å². The van der Waals surface area contributed by atoms with E-state index in [0.717, 1.165) is 16.5 Å². The van der Waals surface area contributed by atoms with E-state index in [1.165, 1.54) is 0 Å². The summed E-state index contributed by atoms with van der Waals surface area (Å²) in [5.41, 5.74) is 1.92. The highest BCUT2D eigenvalue weighted by molar-refractivity contribution is 5.82. The number of fused-ring (bicyclic) bond motifs is 1. The number of aromatic nitrogens is 3. The van der Waals surface area contributed by atoms with Crippen molar-refractivity contribution in [1.29, 1.82) is 0 Å². The molecule has 7 heteroatoms. The van der Waals surface area contributed by atoms with Crippen LogP contribution in [0.25, 0.3) is 22.3 Å². The van der Waals surface area contributed by atoms with E-state index in [0.29, 0.717) is 17.9 Å². The van der Waals surface area contributed by atoms with Gasteiger partial charge in [0.2, 0.25) is 17.6 Å². The van der Waals surface area contributed by atoms with Gasteiger partial charge in [0, 0.05) is 25.4 Å². The van der Waals surface area contributed by atoms with Crippen molar-refractivity contribution >= 4 is 16.8 Å². The minimum atomic E-state index is -0.278. The van der Waals surface area contributed by atoms with E-state index >= 15 is 0 Å². The lowest BCUT2D eigenvalue weighted by Gasteiger charge is -2.01. The van der Waals surface area contributed by atoms with Gasteiger partial charge in [0.25, 0.3) is 5.56 Å². The third-order valence-corrected chi connectivity index (χ3v) is 3.55. The number of aryl methyl sites for hydroxylation is 2. The Morgan fingerprint density at radius 2 is 2.17 bits per heavy atom. The van der Waals surface area contributed by atoms with Crippen LogP contribution in [0.3, 0.4) is 0 Å². The number of carbonyl (C=O) groups is 1. The number of aromatic amines is 1. The number of benzene rings is 1. The number of H-pyrrole nitrogens is 1. The Labute approximate surface area is 131 Å². The Bertz CT molecular complexity index is 926. The van der Waals surface area contributed by atoms with E-state index in [9.17, 15) is 9.59 Å². The number of nitrogens with zero attached hydrogens (tertiary/aromatic N) is 2. The van der Waals surface area contributed by atoms with Crippen molar-refractivity contribution in [2.75, 3.05) is 7.05 Å². The van der Waals surface area contributed by atoms with Crippen LogP contribution in [0, 0.1) is 6.92 Å². The molecule has 0 aliphatic carbocycles. The van der Waals surface area contributed by atoms with Gasteiger partial charge in [-0.25, -0.2) is 0 Å². The van der Waals surface area contributed by atoms with Crippen molar-refractivity contribution in [3.63, 3.8) is 0 Å². The maximum Gasteiger partial charge on any atom is 0.259 e. The SMILES string of the molecule is CNC(=O)CCc1nc(-c2cc3cc(C)ccc3[nH]c2=O)no1. The van der Waals surface area contributed by atoms with Gasteiger partial charge in [-0.05, 0) is 30.5 Å². The molecule has 2 aromatic heterocycles. The van der Waals surface area contributed by atoms with Crippen LogP contribution in [0.2, 0.25) is 0 Å². The minimum absolute atomic E-state index is 0.108. The van der Waals surface area contributed by atoms with Crippen LogP contribution in [0.5, 0.6) is 0 Å². The molecule has 2 heterocycles. The molecule has 1 amide bonds. The van der Waals surface area contributed by atoms with Gasteiger partial charge in [0.05, 0.1) is 5.56 Å². The van der Waals surface area contributed by atoms with Gasteiger partial charge in [-0.1, -0.05) is 16.8 Å². The third kappa shape index (κ3) is 3.13. The number of amides is 1. The molecule has 118 valence electrons. The molecule has 23 heavy (non-hydrogen) atoms. The largest absolute Gasteiger partial charge is 0.359 e. The molecule has 0 spiro atoms. The summed E-state index contributed by atoms with van der Waals surface area (Å²) in [5.74, 6) is 0.442. The minimum Gasteiger partial charge on any atom is -0.359 e. The van der Waals surface area contributed by atoms with E-state index in [-0.39, 0.29) is 23.7 Å². The molecular weight excluding hydrogens is 296 g/mol. The van der Waals surface area contributed by atoms with Crippen LogP contribution in [-0.4, -0.2) is 28.1 Å². The normalized spacial score (nSPS) is 10.9. The summed E-state index contributed by atoms with van der Waals surface area (Å²) in [4.78, 5) is 30.4. The van der Waals surface area contributed by atoms with E-state index < -0.39 is 0 Å². The molecular formula is C16H16N4O3. The first-order chi connectivity index (χ1) is 11.1. The van der Waals surface area contributed by atoms with Crippen LogP contribution >= 0.6 is 0 Å². The summed E-state index contributed by atoms with van der Waals surface area (Å²) < 4.78 is 5.11. The highest BCUT2D eigenvalue weighted by atomic mass is 16.5. The summed E-state index contributed by atoms with van der Waals surface area (Å²) in [6.45, 7) is 1.98. The predicted molar refractivity (Wildman–Crippen MR) is 85.0 cm³/mol. The quantitative estimate of drug-likeness (QED) is 0.761. The van der Waals surface area contributed by atoms with Crippen LogP contribution < -0.4 is 10.9 Å². The number of nitrogens with one attached hydrogen (secondary N) is 2. The van der Waals surface area contributed by atoms with Gasteiger partial charge in [0.15, 0.2) is 0 Å². The lowest BCUT2D eigenvalue weighted by molar-refractivity contribution is -0.120. The Morgan fingerprint density at radius 1 is 1.35 bits per heavy atom. The van der Waals surface area contributed by atoms with Crippen LogP contribution in [0.4, 0.5) is 0 Å². The van der Waals surface area contributed by atoms with Gasteiger partial charge in [0.1, 0.15) is 0 Å². The third-order valence-electron chi connectivity index (χ3n) is 3.55. The van der Waals surface area contributed by atoms with Gasteiger partial charge >= 0.3 is 0 Å². The standard InChI is InChI=1S/C16H16N4O3/c1-9-3-4-12-10(7-9)8-11(16(22)18-12)15-19-14(23-20-15)6-5-13(21)17-2/h3-4,7-8H,5-6H2,1-2H3,(H,17,21)(H,18,22). The Kier molecular flexibility index (Phi) is 3.92. The molecule has 0 radical (unpaired) electrons. The molecule has 0 saturated carbocycles. The second-order valence-electron chi connectivity index (χ2n) is 5.29. The number of carbonyl (C=O) groups excluding carboxylic acids is 1. The van der Waals surface area contributed by atoms with Gasteiger partial charge in [-0.3, -0.25) is 9.59 Å². The summed E-state index contributed by atoms with van der Waals surface area (Å²) in [7, 11) is 1.57. The zero-order valence-corrected chi connectivity index (χ0v) is 12.8. The van der Waals surface area contributed by atoms with E-state index in [1.54, 1.807) is 13.1 Å². The van der Waals surface area contributed by atoms with Crippen molar-refractivity contribution < 1.29 is 9.32 Å². The average Bonchev–Trinajstić information content (AvgIpc) is 3.01. The number of pyridine rings is 1. The molecule has 0 aliphatic heterocycles. The topological polar surface area (TPSA) is 101 Å². The van der Waals surface area contributed by atoms with Crippen molar-refractivity contribution in [3.8, 4) is 11.4 Å². The van der Waals surface area contributed by atoms with Crippen LogP contribution in [0.1, 0.15) is 17.9 Å². The van der Waals surface area contributed by atoms with E-state index in [2.05, 4.69) is 20.4 Å². The molecule has 3 rings (SSSR count). The molecule has 0 saturated heterocycles. The molecule has 7 nitrogen and oxygen atoms in total. The predicted octanol–water partition coefficient (Wildman–Crippen LogP) is 1.57. The van der Waals surface area contributed by atoms with Crippen LogP contribution in [0.15, 0.2) is 33.6 Å². The second kappa shape index (κ2) is 6.04. The highest BCUT2D eigenvalue weighted by Gasteiger charge is 2.14. The number of rotatable bonds is 4. The summed E-state index contributed by atoms with van der Waals surface area (Å²) in [6, 6.07) is 7.51. The van der Waals surface area contributed by atoms with E-state index in [1.807, 2.05) is 25.1 Å². The molecule has 0 atom stereocenters. The zero-order valence-electron chi connectivity index (χ0n) is 12.8. The first-order valence-corrected chi connectivity index (χ1v) is 7.24. The molecule has 2 N–H and O–H groups in total. The van der Waals surface area contributed by atoms with Crippen molar-refractivity contribution in [2.45, 2.75) is 19.8 Å². The Balaban J connectivity index is 1.94. The first-order valence-electron chi connectivity index (χ1n) is 7.24. The summed E-state index contributed by atoms with van der Waals surface area (Å²) >= 11 is 0. The fourth-order valence-corrected chi connectivity index (χ4v) is 2.30. The molecule has 0 aliphatic rings. The molecule has 3 aromatic rings. The molecule has 0 fully saturated rings. The summed E-state index contributed by atoms with van der Waals surface area (Å²) in [5, 5.41) is 7.27. The zero-order chi connectivity index (χ0) is 16.4. The Hall–Kier alpha value is -2.96. The Morgan fingerprint density at radius 3 is 2.96 bits per heavy atom. The number of hydrogen-bond donors (Lipinski definition) is 2. The smallest absolute Gasteiger partial charge is 0.259 e. The second-order valence-corrected chi connectivity index (χ2v) is 5.29. The molecule has 0 bridgehead atoms. The first kappa shape index (κ1) is 15.0. The molecule has 0 unspecified atom stereocenters. The monoisotopic (exact) mass is 312 g/mol. The fourth-order valence-electron chi connectivity index (χ4n) is 2.30. The maximum absolute atomic E-state index is 12.2. The fraction of sp³-hybridized carbons (Fsp3) is 0.250. The van der Waals surface area contributed by atoms with E-state index in [4.69, 9.17) is 4.52 Å². The van der Waals surface area contributed by atoms with Gasteiger partial charge < -0.3 is 14.8 Å². The molecule has 1 aromatic carbocycles. The lowest BCUT2D eigenvalue weighted by Crippen LogP contribution is -2.18.